The number of aryl methyl sites for hydroxylation is 1. The number of fused-ring (bicyclic) bond motifs is 1. The zero-order valence-corrected chi connectivity index (χ0v) is 31.4. The molecule has 1 aliphatic rings. The summed E-state index contributed by atoms with van der Waals surface area (Å²) in [4.78, 5) is 64.7. The van der Waals surface area contributed by atoms with Gasteiger partial charge in [0.2, 0.25) is 12.3 Å². The number of hydrogen-bond acceptors (Lipinski definition) is 9. The van der Waals surface area contributed by atoms with Gasteiger partial charge in [0.05, 0.1) is 41.8 Å². The molecule has 4 amide bonds. The molecule has 4 aromatic rings. The summed E-state index contributed by atoms with van der Waals surface area (Å²) in [6.45, 7) is 11.1. The molecule has 1 fully saturated rings. The van der Waals surface area contributed by atoms with E-state index < -0.39 is 17.7 Å². The zero-order valence-electron chi connectivity index (χ0n) is 31.4. The summed E-state index contributed by atoms with van der Waals surface area (Å²) in [7, 11) is 5.18. The van der Waals surface area contributed by atoms with E-state index in [0.29, 0.717) is 65.4 Å². The number of ether oxygens (including phenoxy) is 3. The number of piperazine rings is 1. The van der Waals surface area contributed by atoms with E-state index in [-0.39, 0.29) is 23.1 Å². The van der Waals surface area contributed by atoms with Crippen molar-refractivity contribution in [2.75, 3.05) is 64.2 Å². The van der Waals surface area contributed by atoms with Crippen LogP contribution < -0.4 is 25.0 Å². The molecule has 14 heteroatoms. The van der Waals surface area contributed by atoms with Crippen molar-refractivity contribution < 1.29 is 33.4 Å². The Hall–Kier alpha value is -5.47. The maximum Gasteiger partial charge on any atom is 0.258 e. The van der Waals surface area contributed by atoms with E-state index in [4.69, 9.17) is 14.2 Å². The molecule has 53 heavy (non-hydrogen) atoms. The first-order valence-electron chi connectivity index (χ1n) is 17.6. The number of hydrogen-bond donors (Lipinski definition) is 3. The van der Waals surface area contributed by atoms with Gasteiger partial charge in [0.15, 0.2) is 12.1 Å². The molecule has 0 saturated carbocycles. The lowest BCUT2D eigenvalue weighted by atomic mass is 10.1. The molecule has 3 N–H and O–H groups in total. The molecule has 0 aliphatic carbocycles. The van der Waals surface area contributed by atoms with Crippen LogP contribution in [0.1, 0.15) is 71.9 Å². The summed E-state index contributed by atoms with van der Waals surface area (Å²) in [5, 5.41) is 5.50. The van der Waals surface area contributed by atoms with E-state index in [1.807, 2.05) is 50.8 Å². The first-order valence-corrected chi connectivity index (χ1v) is 17.6. The van der Waals surface area contributed by atoms with Crippen LogP contribution in [0.5, 0.6) is 11.5 Å². The van der Waals surface area contributed by atoms with Crippen LogP contribution in [0.25, 0.3) is 11.0 Å². The number of aromatic nitrogens is 2. The van der Waals surface area contributed by atoms with Crippen LogP contribution in [-0.4, -0.2) is 103 Å². The third-order valence-corrected chi connectivity index (χ3v) is 8.84. The number of aromatic amines is 1. The minimum atomic E-state index is -0.857. The van der Waals surface area contributed by atoms with E-state index >= 15 is 0 Å². The number of nitrogens with zero attached hydrogens (tertiary/aromatic N) is 4. The van der Waals surface area contributed by atoms with Crippen LogP contribution in [0.4, 0.5) is 11.4 Å². The van der Waals surface area contributed by atoms with Gasteiger partial charge in [-0.1, -0.05) is 12.1 Å². The maximum atomic E-state index is 13.8. The van der Waals surface area contributed by atoms with Crippen molar-refractivity contribution in [1.29, 1.82) is 0 Å². The Kier molecular flexibility index (Phi) is 12.4. The number of imidazole rings is 1. The Morgan fingerprint density at radius 3 is 2.49 bits per heavy atom. The van der Waals surface area contributed by atoms with Gasteiger partial charge in [-0.25, -0.2) is 4.98 Å². The van der Waals surface area contributed by atoms with Crippen molar-refractivity contribution in [3.8, 4) is 11.5 Å². The molecule has 1 atom stereocenters. The number of methoxy groups -OCH3 is 1. The summed E-state index contributed by atoms with van der Waals surface area (Å²) in [6.07, 6.45) is 0.626. The maximum absolute atomic E-state index is 13.8. The standard InChI is InChI=1S/C39H49N7O7/c1-25-13-16-30(32(22-25)52-21-9-12-33(48)46-19-17-44(5)18-20-46)45(6)38(50)26-14-15-28(31(23-26)51-7)42-36(49)27-10-8-11-29-34(27)43-35(41-29)37(40-24-47)53-39(2,3)4/h8,10-11,13-16,22-24,37H,9,12,17-21H2,1-7H3,(H,40,47)(H,41,43)(H,42,49). The topological polar surface area (TPSA) is 158 Å². The first kappa shape index (κ1) is 38.8. The van der Waals surface area contributed by atoms with Crippen LogP contribution in [0, 0.1) is 6.92 Å². The van der Waals surface area contributed by atoms with Crippen LogP contribution in [0.3, 0.4) is 0 Å². The highest BCUT2D eigenvalue weighted by Gasteiger charge is 2.25. The van der Waals surface area contributed by atoms with Crippen LogP contribution in [0.2, 0.25) is 0 Å². The number of amides is 4. The van der Waals surface area contributed by atoms with Gasteiger partial charge >= 0.3 is 0 Å². The molecule has 5 rings (SSSR count). The number of likely N-dealkylation sites (N-methyl/N-ethyl adjacent to an activating group) is 1. The van der Waals surface area contributed by atoms with Crippen molar-refractivity contribution >= 4 is 46.5 Å². The molecule has 1 unspecified atom stereocenters. The summed E-state index contributed by atoms with van der Waals surface area (Å²) >= 11 is 0. The molecule has 0 spiro atoms. The summed E-state index contributed by atoms with van der Waals surface area (Å²) in [6, 6.07) is 15.5. The van der Waals surface area contributed by atoms with Gasteiger partial charge < -0.3 is 44.5 Å². The van der Waals surface area contributed by atoms with Crippen molar-refractivity contribution in [1.82, 2.24) is 25.1 Å². The first-order chi connectivity index (χ1) is 25.3. The largest absolute Gasteiger partial charge is 0.495 e. The van der Waals surface area contributed by atoms with E-state index in [1.54, 1.807) is 43.4 Å². The molecule has 0 radical (unpaired) electrons. The number of rotatable bonds is 14. The van der Waals surface area contributed by atoms with Crippen molar-refractivity contribution in [2.45, 2.75) is 52.4 Å². The third kappa shape index (κ3) is 9.70. The van der Waals surface area contributed by atoms with Crippen LogP contribution in [-0.2, 0) is 14.3 Å². The van der Waals surface area contributed by atoms with Crippen molar-refractivity contribution in [3.63, 3.8) is 0 Å². The lowest BCUT2D eigenvalue weighted by molar-refractivity contribution is -0.133. The average molecular weight is 728 g/mol. The fourth-order valence-corrected chi connectivity index (χ4v) is 6.00. The highest BCUT2D eigenvalue weighted by Crippen LogP contribution is 2.33. The molecule has 2 heterocycles. The highest BCUT2D eigenvalue weighted by molar-refractivity contribution is 6.12. The number of carbonyl (C=O) groups is 4. The summed E-state index contributed by atoms with van der Waals surface area (Å²) in [5.41, 5.74) is 2.90. The lowest BCUT2D eigenvalue weighted by Gasteiger charge is -2.32. The Bertz CT molecular complexity index is 1950. The molecule has 1 aliphatic heterocycles. The number of anilines is 2. The molecule has 0 bridgehead atoms. The summed E-state index contributed by atoms with van der Waals surface area (Å²) in [5.74, 6) is 0.522. The average Bonchev–Trinajstić information content (AvgIpc) is 3.57. The van der Waals surface area contributed by atoms with Crippen LogP contribution >= 0.6 is 0 Å². The molecule has 1 aromatic heterocycles. The van der Waals surface area contributed by atoms with Gasteiger partial charge in [0.25, 0.3) is 11.8 Å². The molecule has 3 aromatic carbocycles. The molecular weight excluding hydrogens is 678 g/mol. The fraction of sp³-hybridized carbons (Fsp3) is 0.410. The number of nitrogens with one attached hydrogen (secondary N) is 3. The normalized spacial score (nSPS) is 14.1. The minimum absolute atomic E-state index is 0.128. The second kappa shape index (κ2) is 16.9. The van der Waals surface area contributed by atoms with Crippen LogP contribution in [0.15, 0.2) is 54.6 Å². The van der Waals surface area contributed by atoms with Crippen molar-refractivity contribution in [2.24, 2.45) is 0 Å². The number of benzene rings is 3. The smallest absolute Gasteiger partial charge is 0.258 e. The van der Waals surface area contributed by atoms with Gasteiger partial charge in [-0.2, -0.15) is 0 Å². The van der Waals surface area contributed by atoms with E-state index in [0.717, 1.165) is 31.7 Å². The molecular formula is C39H49N7O7. The monoisotopic (exact) mass is 727 g/mol. The second-order valence-corrected chi connectivity index (χ2v) is 14.1. The quantitative estimate of drug-likeness (QED) is 0.0934. The molecule has 1 saturated heterocycles. The second-order valence-electron chi connectivity index (χ2n) is 14.1. The van der Waals surface area contributed by atoms with Gasteiger partial charge in [0.1, 0.15) is 17.0 Å². The summed E-state index contributed by atoms with van der Waals surface area (Å²) < 4.78 is 17.7. The van der Waals surface area contributed by atoms with Gasteiger partial charge in [-0.3, -0.25) is 19.2 Å². The zero-order chi connectivity index (χ0) is 38.3. The SMILES string of the molecule is COc1cc(C(=O)N(C)c2ccc(C)cc2OCCCC(=O)N2CCN(C)CC2)ccc1NC(=O)c1cccc2[nH]c(C(NC=O)OC(C)(C)C)nc12. The van der Waals surface area contributed by atoms with Crippen molar-refractivity contribution in [3.05, 3.63) is 77.1 Å². The number of H-pyrrole nitrogens is 1. The van der Waals surface area contributed by atoms with Gasteiger partial charge in [-0.05, 0) is 89.2 Å². The Balaban J connectivity index is 1.27. The number of carbonyl (C=O) groups excluding carboxylic acids is 4. The third-order valence-electron chi connectivity index (χ3n) is 8.84. The van der Waals surface area contributed by atoms with E-state index in [1.165, 1.54) is 12.0 Å². The highest BCUT2D eigenvalue weighted by atomic mass is 16.5. The Morgan fingerprint density at radius 1 is 1.04 bits per heavy atom. The van der Waals surface area contributed by atoms with E-state index in [2.05, 4.69) is 32.5 Å². The van der Waals surface area contributed by atoms with Gasteiger partial charge in [0, 0.05) is 45.2 Å². The van der Waals surface area contributed by atoms with Gasteiger partial charge in [-0.15, -0.1) is 0 Å². The molecule has 14 nitrogen and oxygen atoms in total. The fourth-order valence-electron chi connectivity index (χ4n) is 6.00. The Morgan fingerprint density at radius 2 is 1.79 bits per heavy atom. The molecule has 282 valence electrons. The minimum Gasteiger partial charge on any atom is -0.495 e. The predicted octanol–water partition coefficient (Wildman–Crippen LogP) is 4.90. The Labute approximate surface area is 309 Å². The lowest BCUT2D eigenvalue weighted by Crippen LogP contribution is -2.47. The van der Waals surface area contributed by atoms with E-state index in [9.17, 15) is 19.2 Å². The number of para-hydroxylation sites is 1. The predicted molar refractivity (Wildman–Crippen MR) is 203 cm³/mol.